The second-order valence-corrected chi connectivity index (χ2v) is 15.0. The lowest BCUT2D eigenvalue weighted by Gasteiger charge is -2.30. The van der Waals surface area contributed by atoms with Gasteiger partial charge in [-0.3, -0.25) is 0 Å². The summed E-state index contributed by atoms with van der Waals surface area (Å²) in [6.07, 6.45) is 0. The van der Waals surface area contributed by atoms with Crippen molar-refractivity contribution >= 4 is 49.4 Å². The molecule has 1 nitrogen and oxygen atoms in total. The van der Waals surface area contributed by atoms with Gasteiger partial charge in [-0.2, -0.15) is 0 Å². The summed E-state index contributed by atoms with van der Waals surface area (Å²) in [7, 11) is 0. The van der Waals surface area contributed by atoms with E-state index in [2.05, 4.69) is 184 Å². The molecule has 0 aromatic heterocycles. The molecule has 0 aliphatic heterocycles. The van der Waals surface area contributed by atoms with Gasteiger partial charge in [-0.1, -0.05) is 149 Å². The van der Waals surface area contributed by atoms with Crippen LogP contribution in [-0.4, -0.2) is 0 Å². The normalized spacial score (nSPS) is 14.9. The first-order chi connectivity index (χ1) is 23.8. The minimum Gasteiger partial charge on any atom is -0.310 e. The van der Waals surface area contributed by atoms with Gasteiger partial charge in [-0.15, -0.1) is 0 Å². The van der Waals surface area contributed by atoms with Crippen molar-refractivity contribution in [3.8, 4) is 22.3 Å². The number of benzene rings is 8. The minimum absolute atomic E-state index is 0.0448. The molecule has 0 radical (unpaired) electrons. The van der Waals surface area contributed by atoms with Crippen molar-refractivity contribution in [3.05, 3.63) is 174 Å². The monoisotopic (exact) mass is 627 g/mol. The summed E-state index contributed by atoms with van der Waals surface area (Å²) in [5, 5.41) is 7.67. The maximum absolute atomic E-state index is 2.52. The van der Waals surface area contributed by atoms with Crippen molar-refractivity contribution in [2.75, 3.05) is 4.90 Å². The number of fused-ring (bicyclic) bond motifs is 11. The second-order valence-electron chi connectivity index (χ2n) is 15.0. The molecule has 49 heavy (non-hydrogen) atoms. The quantitative estimate of drug-likeness (QED) is 0.176. The van der Waals surface area contributed by atoms with Crippen molar-refractivity contribution in [1.82, 2.24) is 0 Å². The number of nitrogens with zero attached hydrogens (tertiary/aromatic N) is 1. The topological polar surface area (TPSA) is 3.24 Å². The number of hydrogen-bond acceptors (Lipinski definition) is 1. The van der Waals surface area contributed by atoms with Gasteiger partial charge >= 0.3 is 0 Å². The SMILES string of the molecule is CC1(C)c2ccccc2-c2cc(N(c3ccc4ccc5c6ccccc6ccc5c4c3)c3cccc4c3-c3ccccc3C4(C)C)ccc21. The molecule has 0 N–H and O–H groups in total. The van der Waals surface area contributed by atoms with Crippen LogP contribution in [0.3, 0.4) is 0 Å². The van der Waals surface area contributed by atoms with Crippen LogP contribution in [0.5, 0.6) is 0 Å². The zero-order chi connectivity index (χ0) is 33.1. The predicted molar refractivity (Wildman–Crippen MR) is 209 cm³/mol. The molecule has 0 bridgehead atoms. The molecular weight excluding hydrogens is 591 g/mol. The largest absolute Gasteiger partial charge is 0.310 e. The minimum atomic E-state index is -0.0881. The smallest absolute Gasteiger partial charge is 0.0543 e. The summed E-state index contributed by atoms with van der Waals surface area (Å²) in [6, 6.07) is 56.9. The molecule has 0 amide bonds. The van der Waals surface area contributed by atoms with Crippen molar-refractivity contribution < 1.29 is 0 Å². The third kappa shape index (κ3) is 3.88. The van der Waals surface area contributed by atoms with Crippen LogP contribution in [0.4, 0.5) is 17.1 Å². The zero-order valence-corrected chi connectivity index (χ0v) is 28.4. The van der Waals surface area contributed by atoms with E-state index >= 15 is 0 Å². The molecule has 234 valence electrons. The molecule has 0 saturated carbocycles. The third-order valence-electron chi connectivity index (χ3n) is 11.6. The predicted octanol–water partition coefficient (Wildman–Crippen LogP) is 13.2. The Bertz CT molecular complexity index is 2670. The van der Waals surface area contributed by atoms with E-state index in [-0.39, 0.29) is 10.8 Å². The Labute approximate surface area is 288 Å². The lowest BCUT2D eigenvalue weighted by molar-refractivity contribution is 0.660. The number of hydrogen-bond donors (Lipinski definition) is 0. The molecule has 8 aromatic rings. The van der Waals surface area contributed by atoms with Crippen LogP contribution in [0, 0.1) is 0 Å². The summed E-state index contributed by atoms with van der Waals surface area (Å²) < 4.78 is 0. The maximum atomic E-state index is 2.52. The summed E-state index contributed by atoms with van der Waals surface area (Å²) in [6.45, 7) is 9.45. The molecule has 0 fully saturated rings. The van der Waals surface area contributed by atoms with Crippen LogP contribution < -0.4 is 4.90 Å². The number of rotatable bonds is 3. The highest BCUT2D eigenvalue weighted by Gasteiger charge is 2.39. The van der Waals surface area contributed by atoms with E-state index in [1.807, 2.05) is 0 Å². The van der Waals surface area contributed by atoms with E-state index in [0.29, 0.717) is 0 Å². The van der Waals surface area contributed by atoms with Crippen LogP contribution in [0.25, 0.3) is 54.6 Å². The molecule has 0 spiro atoms. The van der Waals surface area contributed by atoms with Crippen molar-refractivity contribution in [1.29, 1.82) is 0 Å². The first kappa shape index (κ1) is 28.4. The molecule has 0 atom stereocenters. The molecule has 10 rings (SSSR count). The van der Waals surface area contributed by atoms with Gasteiger partial charge in [0.2, 0.25) is 0 Å². The molecule has 1 heteroatoms. The van der Waals surface area contributed by atoms with Crippen LogP contribution in [0.2, 0.25) is 0 Å². The Morgan fingerprint density at radius 2 is 0.918 bits per heavy atom. The maximum Gasteiger partial charge on any atom is 0.0543 e. The molecule has 0 unspecified atom stereocenters. The van der Waals surface area contributed by atoms with Gasteiger partial charge in [0, 0.05) is 27.8 Å². The highest BCUT2D eigenvalue weighted by atomic mass is 15.1. The summed E-state index contributed by atoms with van der Waals surface area (Å²) in [4.78, 5) is 2.52. The number of anilines is 3. The highest BCUT2D eigenvalue weighted by molar-refractivity contribution is 6.18. The van der Waals surface area contributed by atoms with Gasteiger partial charge in [0.25, 0.3) is 0 Å². The first-order valence-corrected chi connectivity index (χ1v) is 17.4. The van der Waals surface area contributed by atoms with Crippen LogP contribution in [-0.2, 0) is 10.8 Å². The summed E-state index contributed by atoms with van der Waals surface area (Å²) in [5.74, 6) is 0. The van der Waals surface area contributed by atoms with Gasteiger partial charge < -0.3 is 4.90 Å². The van der Waals surface area contributed by atoms with Crippen LogP contribution in [0.15, 0.2) is 152 Å². The van der Waals surface area contributed by atoms with Gasteiger partial charge in [0.1, 0.15) is 0 Å². The van der Waals surface area contributed by atoms with Crippen LogP contribution >= 0.6 is 0 Å². The van der Waals surface area contributed by atoms with Crippen molar-refractivity contribution in [2.24, 2.45) is 0 Å². The van der Waals surface area contributed by atoms with E-state index in [9.17, 15) is 0 Å². The van der Waals surface area contributed by atoms with E-state index in [1.54, 1.807) is 0 Å². The lowest BCUT2D eigenvalue weighted by Crippen LogP contribution is -2.16. The fraction of sp³-hybridized carbons (Fsp3) is 0.125. The fourth-order valence-corrected chi connectivity index (χ4v) is 9.14. The van der Waals surface area contributed by atoms with Gasteiger partial charge in [0.15, 0.2) is 0 Å². The molecular formula is C48H37N. The Balaban J connectivity index is 1.27. The Hall–Kier alpha value is -5.66. The van der Waals surface area contributed by atoms with E-state index < -0.39 is 0 Å². The van der Waals surface area contributed by atoms with Crippen molar-refractivity contribution in [2.45, 2.75) is 38.5 Å². The Kier molecular flexibility index (Phi) is 5.75. The van der Waals surface area contributed by atoms with Crippen molar-refractivity contribution in [3.63, 3.8) is 0 Å². The Morgan fingerprint density at radius 3 is 1.73 bits per heavy atom. The van der Waals surface area contributed by atoms with E-state index in [0.717, 1.165) is 5.69 Å². The molecule has 0 saturated heterocycles. The summed E-state index contributed by atoms with van der Waals surface area (Å²) in [5.41, 5.74) is 14.3. The first-order valence-electron chi connectivity index (χ1n) is 17.4. The highest BCUT2D eigenvalue weighted by Crippen LogP contribution is 2.56. The fourth-order valence-electron chi connectivity index (χ4n) is 9.14. The Morgan fingerprint density at radius 1 is 0.367 bits per heavy atom. The summed E-state index contributed by atoms with van der Waals surface area (Å²) >= 11 is 0. The lowest BCUT2D eigenvalue weighted by atomic mass is 9.82. The molecule has 8 aromatic carbocycles. The van der Waals surface area contributed by atoms with Gasteiger partial charge in [-0.05, 0) is 102 Å². The zero-order valence-electron chi connectivity index (χ0n) is 28.4. The second kappa shape index (κ2) is 9.94. The van der Waals surface area contributed by atoms with Crippen LogP contribution in [0.1, 0.15) is 49.9 Å². The van der Waals surface area contributed by atoms with Gasteiger partial charge in [-0.25, -0.2) is 0 Å². The van der Waals surface area contributed by atoms with Gasteiger partial charge in [0.05, 0.1) is 5.69 Å². The average Bonchev–Trinajstić information content (AvgIpc) is 3.51. The standard InChI is InChI=1S/C48H37N/c1-47(2)41-16-9-7-14-37(41)40-29-33(24-27-43(40)47)49(45-19-11-18-44-46(45)38-15-8-10-17-42(38)48(44,3)4)32-23-20-31-22-25-35-34-13-6-5-12-30(34)21-26-36(35)39(31)28-32/h5-29H,1-4H3. The van der Waals surface area contributed by atoms with E-state index in [4.69, 9.17) is 0 Å². The molecule has 2 aliphatic carbocycles. The average molecular weight is 628 g/mol. The molecule has 0 heterocycles. The molecule has 2 aliphatic rings. The third-order valence-corrected chi connectivity index (χ3v) is 11.6. The van der Waals surface area contributed by atoms with E-state index in [1.165, 1.54) is 88.2 Å².